The zero-order valence-electron chi connectivity index (χ0n) is 17.9. The molecule has 7 heteroatoms. The molecule has 0 aliphatic heterocycles. The van der Waals surface area contributed by atoms with Crippen molar-refractivity contribution >= 4 is 28.4 Å². The number of rotatable bonds is 3. The lowest BCUT2D eigenvalue weighted by molar-refractivity contribution is 0.262. The third-order valence-corrected chi connectivity index (χ3v) is 5.01. The van der Waals surface area contributed by atoms with Crippen molar-refractivity contribution in [2.75, 3.05) is 10.6 Å². The molecule has 0 aliphatic rings. The van der Waals surface area contributed by atoms with Gasteiger partial charge in [0.15, 0.2) is 5.65 Å². The van der Waals surface area contributed by atoms with Crippen molar-refractivity contribution in [1.29, 1.82) is 0 Å². The van der Waals surface area contributed by atoms with Gasteiger partial charge in [0.25, 0.3) is 0 Å². The first-order chi connectivity index (χ1) is 14.7. The molecule has 0 saturated heterocycles. The smallest absolute Gasteiger partial charge is 0.308 e. The van der Waals surface area contributed by atoms with Crippen molar-refractivity contribution in [3.63, 3.8) is 0 Å². The number of carbonyl (C=O) groups is 1. The van der Waals surface area contributed by atoms with Gasteiger partial charge in [-0.2, -0.15) is 5.10 Å². The van der Waals surface area contributed by atoms with E-state index in [4.69, 9.17) is 0 Å². The quantitative estimate of drug-likeness (QED) is 0.381. The van der Waals surface area contributed by atoms with E-state index in [-0.39, 0.29) is 11.1 Å². The molecule has 0 atom stereocenters. The summed E-state index contributed by atoms with van der Waals surface area (Å²) in [5.74, 6) is -0.479. The van der Waals surface area contributed by atoms with Gasteiger partial charge in [-0.3, -0.25) is 5.10 Å². The number of anilines is 2. The molecule has 0 unspecified atom stereocenters. The van der Waals surface area contributed by atoms with E-state index in [1.54, 1.807) is 18.3 Å². The van der Waals surface area contributed by atoms with Crippen LogP contribution in [0.3, 0.4) is 0 Å². The number of hydrogen-bond acceptors (Lipinski definition) is 3. The first kappa shape index (κ1) is 20.5. The summed E-state index contributed by atoms with van der Waals surface area (Å²) in [6.45, 7) is 8.18. The molecule has 31 heavy (non-hydrogen) atoms. The van der Waals surface area contributed by atoms with Crippen molar-refractivity contribution in [3.05, 3.63) is 71.8 Å². The normalized spacial score (nSPS) is 11.5. The average molecular weight is 417 g/mol. The van der Waals surface area contributed by atoms with Gasteiger partial charge in [-0.25, -0.2) is 14.2 Å². The van der Waals surface area contributed by atoms with Gasteiger partial charge in [-0.1, -0.05) is 39.0 Å². The van der Waals surface area contributed by atoms with Crippen LogP contribution in [0.4, 0.5) is 20.6 Å². The van der Waals surface area contributed by atoms with Gasteiger partial charge < -0.3 is 10.6 Å². The van der Waals surface area contributed by atoms with Crippen LogP contribution in [0.25, 0.3) is 22.2 Å². The van der Waals surface area contributed by atoms with Crippen LogP contribution >= 0.6 is 0 Å². The van der Waals surface area contributed by atoms with E-state index in [1.165, 1.54) is 6.07 Å². The number of aromatic amines is 1. The summed E-state index contributed by atoms with van der Waals surface area (Å²) in [6.07, 6.45) is 1.76. The van der Waals surface area contributed by atoms with Crippen LogP contribution in [0.5, 0.6) is 0 Å². The minimum Gasteiger partial charge on any atom is -0.308 e. The number of amides is 2. The monoisotopic (exact) mass is 417 g/mol. The summed E-state index contributed by atoms with van der Waals surface area (Å²) in [5, 5.41) is 13.3. The second kappa shape index (κ2) is 7.83. The highest BCUT2D eigenvalue weighted by molar-refractivity contribution is 6.00. The third kappa shape index (κ3) is 4.40. The van der Waals surface area contributed by atoms with Gasteiger partial charge >= 0.3 is 6.03 Å². The molecular weight excluding hydrogens is 393 g/mol. The number of pyridine rings is 1. The van der Waals surface area contributed by atoms with Crippen molar-refractivity contribution < 1.29 is 9.18 Å². The Bertz CT molecular complexity index is 1260. The molecule has 2 aromatic heterocycles. The fraction of sp³-hybridized carbons (Fsp3) is 0.208. The molecule has 2 heterocycles. The number of benzene rings is 2. The minimum atomic E-state index is -0.506. The fourth-order valence-electron chi connectivity index (χ4n) is 3.30. The Morgan fingerprint density at radius 2 is 1.77 bits per heavy atom. The predicted octanol–water partition coefficient (Wildman–Crippen LogP) is 6.01. The first-order valence-electron chi connectivity index (χ1n) is 10.00. The molecule has 2 aromatic carbocycles. The number of carbonyl (C=O) groups excluding carboxylic acids is 1. The third-order valence-electron chi connectivity index (χ3n) is 5.01. The maximum Gasteiger partial charge on any atom is 0.323 e. The molecule has 0 spiro atoms. The molecule has 0 fully saturated rings. The highest BCUT2D eigenvalue weighted by Crippen LogP contribution is 2.32. The minimum absolute atomic E-state index is 0.112. The van der Waals surface area contributed by atoms with Crippen LogP contribution in [0.15, 0.2) is 54.7 Å². The van der Waals surface area contributed by atoms with E-state index in [0.29, 0.717) is 5.69 Å². The Hall–Kier alpha value is -3.74. The Kier molecular flexibility index (Phi) is 5.19. The lowest BCUT2D eigenvalue weighted by atomic mass is 9.89. The molecule has 0 bridgehead atoms. The van der Waals surface area contributed by atoms with Gasteiger partial charge in [0.1, 0.15) is 5.82 Å². The molecule has 3 N–H and O–H groups in total. The van der Waals surface area contributed by atoms with Crippen LogP contribution < -0.4 is 10.6 Å². The van der Waals surface area contributed by atoms with E-state index in [0.717, 1.165) is 33.4 Å². The predicted molar refractivity (Wildman–Crippen MR) is 122 cm³/mol. The molecule has 0 aliphatic carbocycles. The number of halogens is 1. The average Bonchev–Trinajstić information content (AvgIpc) is 3.19. The summed E-state index contributed by atoms with van der Waals surface area (Å²) in [6, 6.07) is 13.6. The van der Waals surface area contributed by atoms with E-state index in [2.05, 4.69) is 52.7 Å². The zero-order valence-corrected chi connectivity index (χ0v) is 17.9. The van der Waals surface area contributed by atoms with Gasteiger partial charge in [-0.05, 0) is 53.9 Å². The van der Waals surface area contributed by atoms with Crippen molar-refractivity contribution in [2.45, 2.75) is 33.1 Å². The number of aromatic nitrogens is 3. The number of nitrogens with zero attached hydrogens (tertiary/aromatic N) is 2. The maximum atomic E-state index is 13.9. The molecule has 158 valence electrons. The fourth-order valence-corrected chi connectivity index (χ4v) is 3.30. The van der Waals surface area contributed by atoms with Crippen LogP contribution in [0.1, 0.15) is 32.0 Å². The van der Waals surface area contributed by atoms with Crippen molar-refractivity contribution in [2.24, 2.45) is 0 Å². The van der Waals surface area contributed by atoms with E-state index >= 15 is 0 Å². The molecule has 2 amide bonds. The largest absolute Gasteiger partial charge is 0.323 e. The van der Waals surface area contributed by atoms with Crippen LogP contribution in [-0.4, -0.2) is 21.2 Å². The summed E-state index contributed by atoms with van der Waals surface area (Å²) in [4.78, 5) is 17.0. The molecule has 0 radical (unpaired) electrons. The first-order valence-corrected chi connectivity index (χ1v) is 10.00. The van der Waals surface area contributed by atoms with Crippen LogP contribution in [0.2, 0.25) is 0 Å². The van der Waals surface area contributed by atoms with Crippen LogP contribution in [0, 0.1) is 12.7 Å². The number of H-pyrrole nitrogens is 1. The zero-order chi connectivity index (χ0) is 22.2. The number of hydrogen-bond donors (Lipinski definition) is 3. The summed E-state index contributed by atoms with van der Waals surface area (Å²) >= 11 is 0. The number of nitrogens with one attached hydrogen (secondary N) is 3. The van der Waals surface area contributed by atoms with Crippen molar-refractivity contribution in [1.82, 2.24) is 15.2 Å². The molecule has 4 aromatic rings. The SMILES string of the molecule is Cc1ccc(F)c(NC(=O)Nc2ccc(-c3cc(C(C)(C)C)nc4[nH]ncc34)cc2)c1. The summed E-state index contributed by atoms with van der Waals surface area (Å²) in [5.41, 5.74) is 5.18. The Labute approximate surface area is 179 Å². The van der Waals surface area contributed by atoms with E-state index in [9.17, 15) is 9.18 Å². The number of fused-ring (bicyclic) bond motifs is 1. The van der Waals surface area contributed by atoms with Gasteiger partial charge in [0.05, 0.1) is 11.9 Å². The molecule has 0 saturated carbocycles. The summed E-state index contributed by atoms with van der Waals surface area (Å²) in [7, 11) is 0. The Morgan fingerprint density at radius 1 is 1.03 bits per heavy atom. The highest BCUT2D eigenvalue weighted by atomic mass is 19.1. The second-order valence-electron chi connectivity index (χ2n) is 8.58. The number of aryl methyl sites for hydroxylation is 1. The molecular formula is C24H24FN5O. The Balaban J connectivity index is 1.57. The molecule has 6 nitrogen and oxygen atoms in total. The van der Waals surface area contributed by atoms with E-state index < -0.39 is 11.8 Å². The second-order valence-corrected chi connectivity index (χ2v) is 8.58. The van der Waals surface area contributed by atoms with Gasteiger partial charge in [0.2, 0.25) is 0 Å². The van der Waals surface area contributed by atoms with Crippen LogP contribution in [-0.2, 0) is 5.41 Å². The topological polar surface area (TPSA) is 82.7 Å². The molecule has 4 rings (SSSR count). The van der Waals surface area contributed by atoms with E-state index in [1.807, 2.05) is 31.2 Å². The van der Waals surface area contributed by atoms with Crippen molar-refractivity contribution in [3.8, 4) is 11.1 Å². The standard InChI is InChI=1S/C24H24FN5O/c1-14-5-10-19(25)20(11-14)28-23(31)27-16-8-6-15(7-9-16)17-12-21(24(2,3)4)29-22-18(17)13-26-30-22/h5-13H,1-4H3,(H,26,29,30)(H2,27,28,31). The van der Waals surface area contributed by atoms with Gasteiger partial charge in [0, 0.05) is 22.2 Å². The lowest BCUT2D eigenvalue weighted by Crippen LogP contribution is -2.20. The Morgan fingerprint density at radius 3 is 2.48 bits per heavy atom. The summed E-state index contributed by atoms with van der Waals surface area (Å²) < 4.78 is 13.9. The lowest BCUT2D eigenvalue weighted by Gasteiger charge is -2.19. The maximum absolute atomic E-state index is 13.9. The van der Waals surface area contributed by atoms with Gasteiger partial charge in [-0.15, -0.1) is 0 Å². The number of urea groups is 1. The highest BCUT2D eigenvalue weighted by Gasteiger charge is 2.19.